The van der Waals surface area contributed by atoms with Crippen LogP contribution in [0.5, 0.6) is 0 Å². The molecule has 0 aliphatic carbocycles. The molecule has 2 aromatic carbocycles. The molecule has 3 aromatic rings. The van der Waals surface area contributed by atoms with Crippen molar-refractivity contribution in [3.05, 3.63) is 99.1 Å². The number of nitrogens with zero attached hydrogens (tertiary/aromatic N) is 2. The molecule has 0 N–H and O–H groups in total. The van der Waals surface area contributed by atoms with Crippen molar-refractivity contribution in [1.82, 2.24) is 4.57 Å². The number of aromatic nitrogens is 1. The Labute approximate surface area is 201 Å². The van der Waals surface area contributed by atoms with Crippen LogP contribution in [0.4, 0.5) is 5.69 Å². The maximum atomic E-state index is 13.5. The summed E-state index contributed by atoms with van der Waals surface area (Å²) in [6.07, 6.45) is 1.88. The molecule has 2 heterocycles. The highest BCUT2D eigenvalue weighted by molar-refractivity contribution is 6.30. The van der Waals surface area contributed by atoms with Crippen LogP contribution >= 0.6 is 0 Å². The smallest absolute Gasteiger partial charge is 0.343 e. The van der Waals surface area contributed by atoms with Crippen LogP contribution in [0.3, 0.4) is 0 Å². The van der Waals surface area contributed by atoms with Crippen molar-refractivity contribution < 1.29 is 14.3 Å². The van der Waals surface area contributed by atoms with Crippen molar-refractivity contribution >= 4 is 23.5 Å². The molecule has 0 spiro atoms. The zero-order valence-corrected chi connectivity index (χ0v) is 20.8. The molecule has 4 rings (SSSR count). The molecule has 0 atom stereocenters. The summed E-state index contributed by atoms with van der Waals surface area (Å²) in [5, 5.41) is 0. The molecule has 1 aliphatic rings. The van der Waals surface area contributed by atoms with Crippen LogP contribution in [0.25, 0.3) is 11.8 Å². The van der Waals surface area contributed by atoms with Gasteiger partial charge in [0.2, 0.25) is 5.78 Å². The Morgan fingerprint density at radius 3 is 2.12 bits per heavy atom. The third kappa shape index (κ3) is 3.77. The number of esters is 1. The first kappa shape index (κ1) is 23.3. The SMILES string of the molecule is COC(=O)C1=C(C)N(c2ccc(C)cc2)/C(=C\c2cc(C)n(-c3c(C)cccc3C)c2C)C1=O. The lowest BCUT2D eigenvalue weighted by Gasteiger charge is -2.22. The highest BCUT2D eigenvalue weighted by Crippen LogP contribution is 2.37. The molecule has 0 fully saturated rings. The van der Waals surface area contributed by atoms with Gasteiger partial charge in [-0.3, -0.25) is 4.79 Å². The standard InChI is InChI=1S/C29H30N2O3/c1-17-11-13-24(14-12-17)31-22(6)26(29(33)34-7)28(32)25(31)16-23-15-20(4)30(21(23)5)27-18(2)9-8-10-19(27)3/h8-16H,1-7H3/b25-16-. The van der Waals surface area contributed by atoms with Gasteiger partial charge in [-0.05, 0) is 82.5 Å². The molecule has 0 amide bonds. The number of para-hydroxylation sites is 1. The summed E-state index contributed by atoms with van der Waals surface area (Å²) in [5.74, 6) is -0.953. The lowest BCUT2D eigenvalue weighted by molar-refractivity contribution is -0.137. The first-order valence-corrected chi connectivity index (χ1v) is 11.3. The molecular formula is C29H30N2O3. The van der Waals surface area contributed by atoms with E-state index in [1.54, 1.807) is 6.92 Å². The lowest BCUT2D eigenvalue weighted by Crippen LogP contribution is -2.18. The van der Waals surface area contributed by atoms with Crippen molar-refractivity contribution in [1.29, 1.82) is 0 Å². The van der Waals surface area contributed by atoms with Crippen LogP contribution < -0.4 is 4.90 Å². The highest BCUT2D eigenvalue weighted by atomic mass is 16.5. The zero-order chi connectivity index (χ0) is 24.7. The fourth-order valence-electron chi connectivity index (χ4n) is 4.77. The van der Waals surface area contributed by atoms with Crippen LogP contribution in [-0.2, 0) is 14.3 Å². The minimum absolute atomic E-state index is 0.0675. The number of ether oxygens (including phenoxy) is 1. The maximum Gasteiger partial charge on any atom is 0.343 e. The summed E-state index contributed by atoms with van der Waals surface area (Å²) in [6, 6.07) is 16.3. The first-order chi connectivity index (χ1) is 16.1. The van der Waals surface area contributed by atoms with E-state index in [0.717, 1.165) is 33.9 Å². The second-order valence-corrected chi connectivity index (χ2v) is 8.88. The van der Waals surface area contributed by atoms with E-state index in [4.69, 9.17) is 4.74 Å². The first-order valence-electron chi connectivity index (χ1n) is 11.3. The molecule has 174 valence electrons. The number of methoxy groups -OCH3 is 1. The minimum Gasteiger partial charge on any atom is -0.465 e. The Bertz CT molecular complexity index is 1350. The number of benzene rings is 2. The third-order valence-electron chi connectivity index (χ3n) is 6.51. The van der Waals surface area contributed by atoms with E-state index in [0.29, 0.717) is 11.4 Å². The van der Waals surface area contributed by atoms with Gasteiger partial charge in [-0.2, -0.15) is 0 Å². The molecular weight excluding hydrogens is 424 g/mol. The Hall–Kier alpha value is -3.86. The van der Waals surface area contributed by atoms with E-state index < -0.39 is 5.97 Å². The van der Waals surface area contributed by atoms with Crippen molar-refractivity contribution in [2.75, 3.05) is 12.0 Å². The van der Waals surface area contributed by atoms with Crippen LogP contribution in [0.1, 0.15) is 40.6 Å². The highest BCUT2D eigenvalue weighted by Gasteiger charge is 2.38. The average Bonchev–Trinajstić information content (AvgIpc) is 3.21. The number of anilines is 1. The van der Waals surface area contributed by atoms with E-state index in [2.05, 4.69) is 56.5 Å². The summed E-state index contributed by atoms with van der Waals surface area (Å²) in [4.78, 5) is 27.8. The number of Topliss-reactive ketones (excluding diaryl/α,β-unsaturated/α-hetero) is 1. The summed E-state index contributed by atoms with van der Waals surface area (Å²) in [6.45, 7) is 12.1. The van der Waals surface area contributed by atoms with Crippen LogP contribution in [-0.4, -0.2) is 23.4 Å². The van der Waals surface area contributed by atoms with Gasteiger partial charge in [0, 0.05) is 22.8 Å². The number of hydrogen-bond acceptors (Lipinski definition) is 4. The van der Waals surface area contributed by atoms with Gasteiger partial charge < -0.3 is 14.2 Å². The van der Waals surface area contributed by atoms with Crippen LogP contribution in [0.15, 0.2) is 65.5 Å². The Kier molecular flexibility index (Phi) is 6.05. The van der Waals surface area contributed by atoms with Gasteiger partial charge in [0.1, 0.15) is 5.57 Å². The summed E-state index contributed by atoms with van der Waals surface area (Å²) in [5.41, 5.74) is 9.57. The molecule has 1 aromatic heterocycles. The monoisotopic (exact) mass is 454 g/mol. The topological polar surface area (TPSA) is 51.5 Å². The molecule has 0 saturated carbocycles. The summed E-state index contributed by atoms with van der Waals surface area (Å²) < 4.78 is 7.16. The lowest BCUT2D eigenvalue weighted by atomic mass is 10.1. The molecule has 1 aliphatic heterocycles. The Morgan fingerprint density at radius 2 is 1.53 bits per heavy atom. The molecule has 0 saturated heterocycles. The Morgan fingerprint density at radius 1 is 0.912 bits per heavy atom. The van der Waals surface area contributed by atoms with E-state index in [9.17, 15) is 9.59 Å². The van der Waals surface area contributed by atoms with Crippen LogP contribution in [0.2, 0.25) is 0 Å². The fourth-order valence-corrected chi connectivity index (χ4v) is 4.77. The molecule has 0 radical (unpaired) electrons. The number of carbonyl (C=O) groups excluding carboxylic acids is 2. The largest absolute Gasteiger partial charge is 0.465 e. The quantitative estimate of drug-likeness (QED) is 0.280. The van der Waals surface area contributed by atoms with E-state index in [-0.39, 0.29) is 11.4 Å². The van der Waals surface area contributed by atoms with Gasteiger partial charge in [0.15, 0.2) is 0 Å². The second-order valence-electron chi connectivity index (χ2n) is 8.88. The zero-order valence-electron chi connectivity index (χ0n) is 20.8. The van der Waals surface area contributed by atoms with Gasteiger partial charge in [0.25, 0.3) is 0 Å². The molecule has 0 bridgehead atoms. The number of carbonyl (C=O) groups is 2. The van der Waals surface area contributed by atoms with Crippen LogP contribution in [0, 0.1) is 34.6 Å². The normalized spacial score (nSPS) is 15.0. The van der Waals surface area contributed by atoms with E-state index in [1.165, 1.54) is 18.2 Å². The fraction of sp³-hybridized carbons (Fsp3) is 0.241. The number of aryl methyl sites for hydroxylation is 4. The van der Waals surface area contributed by atoms with Crippen molar-refractivity contribution in [3.63, 3.8) is 0 Å². The Balaban J connectivity index is 1.90. The summed E-state index contributed by atoms with van der Waals surface area (Å²) in [7, 11) is 1.30. The van der Waals surface area contributed by atoms with E-state index in [1.807, 2.05) is 42.2 Å². The maximum absolute atomic E-state index is 13.5. The predicted octanol–water partition coefficient (Wildman–Crippen LogP) is 5.90. The van der Waals surface area contributed by atoms with Gasteiger partial charge in [-0.25, -0.2) is 4.79 Å². The number of rotatable bonds is 4. The number of hydrogen-bond donors (Lipinski definition) is 0. The second kappa shape index (κ2) is 8.82. The molecule has 5 nitrogen and oxygen atoms in total. The molecule has 0 unspecified atom stereocenters. The van der Waals surface area contributed by atoms with Gasteiger partial charge in [-0.15, -0.1) is 0 Å². The third-order valence-corrected chi connectivity index (χ3v) is 6.51. The van der Waals surface area contributed by atoms with Gasteiger partial charge in [0.05, 0.1) is 18.5 Å². The summed E-state index contributed by atoms with van der Waals surface area (Å²) >= 11 is 0. The van der Waals surface area contributed by atoms with E-state index >= 15 is 0 Å². The number of allylic oxidation sites excluding steroid dienone is 2. The van der Waals surface area contributed by atoms with Gasteiger partial charge >= 0.3 is 5.97 Å². The van der Waals surface area contributed by atoms with Crippen molar-refractivity contribution in [2.24, 2.45) is 0 Å². The van der Waals surface area contributed by atoms with Crippen molar-refractivity contribution in [3.8, 4) is 5.69 Å². The van der Waals surface area contributed by atoms with Crippen molar-refractivity contribution in [2.45, 2.75) is 41.5 Å². The minimum atomic E-state index is -0.621. The molecule has 5 heteroatoms. The number of ketones is 1. The van der Waals surface area contributed by atoms with Gasteiger partial charge in [-0.1, -0.05) is 35.9 Å². The average molecular weight is 455 g/mol. The molecule has 34 heavy (non-hydrogen) atoms. The predicted molar refractivity (Wildman–Crippen MR) is 136 cm³/mol.